The lowest BCUT2D eigenvalue weighted by Crippen LogP contribution is -2.27. The van der Waals surface area contributed by atoms with Crippen molar-refractivity contribution >= 4 is 23.2 Å². The minimum Gasteiger partial charge on any atom is -0.334 e. The smallest absolute Gasteiger partial charge is 0.258 e. The molecule has 0 fully saturated rings. The second-order valence-electron chi connectivity index (χ2n) is 5.46. The summed E-state index contributed by atoms with van der Waals surface area (Å²) in [5.41, 5.74) is 6.62. The lowest BCUT2D eigenvalue weighted by atomic mass is 9.87. The van der Waals surface area contributed by atoms with E-state index in [1.165, 1.54) is 0 Å². The van der Waals surface area contributed by atoms with E-state index in [4.69, 9.17) is 33.5 Å². The Labute approximate surface area is 121 Å². The lowest BCUT2D eigenvalue weighted by Gasteiger charge is -2.23. The fraction of sp³-hybridized carbons (Fsp3) is 0.385. The van der Waals surface area contributed by atoms with Crippen LogP contribution < -0.4 is 5.73 Å². The van der Waals surface area contributed by atoms with Gasteiger partial charge in [-0.2, -0.15) is 4.98 Å². The molecule has 0 radical (unpaired) electrons. The van der Waals surface area contributed by atoms with Gasteiger partial charge in [0.05, 0.1) is 6.04 Å². The first kappa shape index (κ1) is 14.3. The fourth-order valence-corrected chi connectivity index (χ4v) is 2.07. The van der Waals surface area contributed by atoms with Crippen molar-refractivity contribution in [3.8, 4) is 11.5 Å². The zero-order chi connectivity index (χ0) is 14.2. The van der Waals surface area contributed by atoms with Crippen molar-refractivity contribution < 1.29 is 4.52 Å². The number of aromatic nitrogens is 2. The van der Waals surface area contributed by atoms with E-state index in [9.17, 15) is 0 Å². The Hall–Kier alpha value is -1.10. The number of rotatable bonds is 2. The van der Waals surface area contributed by atoms with E-state index in [0.717, 1.165) is 0 Å². The molecule has 0 saturated carbocycles. The minimum absolute atomic E-state index is 0.146. The predicted octanol–water partition coefficient (Wildman–Crippen LogP) is 4.09. The van der Waals surface area contributed by atoms with Crippen LogP contribution in [0.2, 0.25) is 10.0 Å². The average molecular weight is 300 g/mol. The van der Waals surface area contributed by atoms with Gasteiger partial charge in [-0.05, 0) is 23.6 Å². The van der Waals surface area contributed by atoms with E-state index in [1.54, 1.807) is 18.2 Å². The molecule has 102 valence electrons. The van der Waals surface area contributed by atoms with Gasteiger partial charge >= 0.3 is 0 Å². The van der Waals surface area contributed by atoms with Crippen molar-refractivity contribution in [1.29, 1.82) is 0 Å². The molecule has 1 unspecified atom stereocenters. The van der Waals surface area contributed by atoms with Crippen molar-refractivity contribution in [3.63, 3.8) is 0 Å². The zero-order valence-corrected chi connectivity index (χ0v) is 12.5. The van der Waals surface area contributed by atoms with E-state index < -0.39 is 0 Å². The van der Waals surface area contributed by atoms with Crippen LogP contribution in [0.25, 0.3) is 11.5 Å². The predicted molar refractivity (Wildman–Crippen MR) is 76.1 cm³/mol. The maximum Gasteiger partial charge on any atom is 0.258 e. The molecule has 0 aliphatic heterocycles. The average Bonchev–Trinajstić information content (AvgIpc) is 2.74. The number of nitrogens with two attached hydrogens (primary N) is 1. The Kier molecular flexibility index (Phi) is 3.85. The first-order valence-corrected chi connectivity index (χ1v) is 6.58. The van der Waals surface area contributed by atoms with Gasteiger partial charge in [-0.1, -0.05) is 49.1 Å². The van der Waals surface area contributed by atoms with Gasteiger partial charge in [0, 0.05) is 15.6 Å². The number of hydrogen-bond donors (Lipinski definition) is 1. The lowest BCUT2D eigenvalue weighted by molar-refractivity contribution is 0.303. The minimum atomic E-state index is -0.306. The molecule has 2 rings (SSSR count). The molecule has 0 amide bonds. The van der Waals surface area contributed by atoms with Crippen molar-refractivity contribution in [2.45, 2.75) is 26.8 Å². The molecular formula is C13H15Cl2N3O. The summed E-state index contributed by atoms with van der Waals surface area (Å²) >= 11 is 11.9. The summed E-state index contributed by atoms with van der Waals surface area (Å²) in [6, 6.07) is 4.77. The van der Waals surface area contributed by atoms with Gasteiger partial charge in [0.15, 0.2) is 5.82 Å². The molecule has 0 aliphatic rings. The van der Waals surface area contributed by atoms with Crippen molar-refractivity contribution in [3.05, 3.63) is 34.1 Å². The number of nitrogens with zero attached hydrogens (tertiary/aromatic N) is 2. The van der Waals surface area contributed by atoms with Gasteiger partial charge in [0.1, 0.15) is 0 Å². The van der Waals surface area contributed by atoms with Crippen LogP contribution in [0, 0.1) is 5.41 Å². The first-order chi connectivity index (χ1) is 8.77. The summed E-state index contributed by atoms with van der Waals surface area (Å²) in [7, 11) is 0. The summed E-state index contributed by atoms with van der Waals surface area (Å²) in [4.78, 5) is 4.31. The standard InChI is InChI=1S/C13H15Cl2N3O/c1-13(2,3)10(16)11-17-12(19-18-11)7-4-8(14)6-9(15)5-7/h4-6,10H,16H2,1-3H3. The van der Waals surface area contributed by atoms with Gasteiger partial charge in [-0.25, -0.2) is 0 Å². The highest BCUT2D eigenvalue weighted by atomic mass is 35.5. The molecule has 1 aromatic heterocycles. The third-order valence-electron chi connectivity index (χ3n) is 2.76. The summed E-state index contributed by atoms with van der Waals surface area (Å²) in [6.45, 7) is 6.05. The topological polar surface area (TPSA) is 64.9 Å². The molecule has 19 heavy (non-hydrogen) atoms. The molecule has 1 heterocycles. The van der Waals surface area contributed by atoms with Crippen LogP contribution in [-0.2, 0) is 0 Å². The Bertz CT molecular complexity index is 570. The molecule has 0 aliphatic carbocycles. The molecule has 2 N–H and O–H groups in total. The van der Waals surface area contributed by atoms with Gasteiger partial charge in [0.2, 0.25) is 0 Å². The second-order valence-corrected chi connectivity index (χ2v) is 6.33. The van der Waals surface area contributed by atoms with Gasteiger partial charge in [-0.3, -0.25) is 0 Å². The third kappa shape index (κ3) is 3.26. The van der Waals surface area contributed by atoms with Crippen molar-refractivity contribution in [1.82, 2.24) is 10.1 Å². The SMILES string of the molecule is CC(C)(C)C(N)c1noc(-c2cc(Cl)cc(Cl)c2)n1. The maximum atomic E-state index is 6.09. The van der Waals surface area contributed by atoms with Crippen LogP contribution in [0.15, 0.2) is 22.7 Å². The van der Waals surface area contributed by atoms with Crippen LogP contribution in [-0.4, -0.2) is 10.1 Å². The van der Waals surface area contributed by atoms with Crippen molar-refractivity contribution in [2.75, 3.05) is 0 Å². The molecule has 1 atom stereocenters. The second kappa shape index (κ2) is 5.12. The molecule has 0 bridgehead atoms. The molecular weight excluding hydrogens is 285 g/mol. The quantitative estimate of drug-likeness (QED) is 0.907. The third-order valence-corrected chi connectivity index (χ3v) is 3.20. The number of hydrogen-bond acceptors (Lipinski definition) is 4. The Morgan fingerprint density at radius 1 is 1.16 bits per heavy atom. The highest BCUT2D eigenvalue weighted by Gasteiger charge is 2.27. The maximum absolute atomic E-state index is 6.09. The van der Waals surface area contributed by atoms with Crippen molar-refractivity contribution in [2.24, 2.45) is 11.1 Å². The van der Waals surface area contributed by atoms with Gasteiger partial charge in [-0.15, -0.1) is 0 Å². The molecule has 0 saturated heterocycles. The largest absolute Gasteiger partial charge is 0.334 e. The van der Waals surface area contributed by atoms with Gasteiger partial charge < -0.3 is 10.3 Å². The fourth-order valence-electron chi connectivity index (χ4n) is 1.54. The van der Waals surface area contributed by atoms with E-state index in [1.807, 2.05) is 20.8 Å². The monoisotopic (exact) mass is 299 g/mol. The number of halogens is 2. The molecule has 1 aromatic carbocycles. The Morgan fingerprint density at radius 3 is 2.26 bits per heavy atom. The first-order valence-electron chi connectivity index (χ1n) is 5.83. The highest BCUT2D eigenvalue weighted by molar-refractivity contribution is 6.35. The summed E-state index contributed by atoms with van der Waals surface area (Å²) in [6.07, 6.45) is 0. The summed E-state index contributed by atoms with van der Waals surface area (Å²) in [5.74, 6) is 0.831. The van der Waals surface area contributed by atoms with E-state index >= 15 is 0 Å². The zero-order valence-electron chi connectivity index (χ0n) is 10.9. The van der Waals surface area contributed by atoms with Crippen LogP contribution in [0.3, 0.4) is 0 Å². The summed E-state index contributed by atoms with van der Waals surface area (Å²) in [5, 5.41) is 4.95. The molecule has 2 aromatic rings. The van der Waals surface area contributed by atoms with E-state index in [-0.39, 0.29) is 11.5 Å². The summed E-state index contributed by atoms with van der Waals surface area (Å²) < 4.78 is 5.22. The van der Waals surface area contributed by atoms with Crippen LogP contribution in [0.1, 0.15) is 32.6 Å². The van der Waals surface area contributed by atoms with E-state index in [0.29, 0.717) is 27.3 Å². The van der Waals surface area contributed by atoms with Crippen LogP contribution >= 0.6 is 23.2 Å². The van der Waals surface area contributed by atoms with Gasteiger partial charge in [0.25, 0.3) is 5.89 Å². The molecule has 6 heteroatoms. The highest BCUT2D eigenvalue weighted by Crippen LogP contribution is 2.31. The Morgan fingerprint density at radius 2 is 1.74 bits per heavy atom. The Balaban J connectivity index is 2.36. The van der Waals surface area contributed by atoms with E-state index in [2.05, 4.69) is 10.1 Å². The normalized spacial score (nSPS) is 13.6. The number of benzene rings is 1. The van der Waals surface area contributed by atoms with Crippen LogP contribution in [0.5, 0.6) is 0 Å². The molecule has 0 spiro atoms. The molecule has 4 nitrogen and oxygen atoms in total. The van der Waals surface area contributed by atoms with Crippen LogP contribution in [0.4, 0.5) is 0 Å².